The van der Waals surface area contributed by atoms with Gasteiger partial charge in [-0.2, -0.15) is 10.5 Å². The van der Waals surface area contributed by atoms with Crippen molar-refractivity contribution in [2.75, 3.05) is 13.6 Å². The second-order valence-electron chi connectivity index (χ2n) is 5.18. The summed E-state index contributed by atoms with van der Waals surface area (Å²) in [5.74, 6) is 4.33. The maximum absolute atomic E-state index is 10.6. The zero-order valence-corrected chi connectivity index (χ0v) is 12.2. The number of carbonyl (C=O) groups is 2. The highest BCUT2D eigenvalue weighted by Crippen LogP contribution is 2.29. The molecule has 21 heavy (non-hydrogen) atoms. The first-order valence-corrected chi connectivity index (χ1v) is 7.05. The van der Waals surface area contributed by atoms with Crippen molar-refractivity contribution in [1.82, 2.24) is 20.4 Å². The average Bonchev–Trinajstić information content (AvgIpc) is 3.06. The van der Waals surface area contributed by atoms with Crippen LogP contribution in [0.5, 0.6) is 0 Å². The molecule has 7 nitrogen and oxygen atoms in total. The quantitative estimate of drug-likeness (QED) is 0.464. The normalized spacial score (nSPS) is 22.4. The maximum Gasteiger partial charge on any atom is 0.245 e. The minimum Gasteiger partial charge on any atom is -0.299 e. The lowest BCUT2D eigenvalue weighted by Gasteiger charge is -2.18. The van der Waals surface area contributed by atoms with Crippen LogP contribution >= 0.6 is 0 Å². The second-order valence-corrected chi connectivity index (χ2v) is 5.18. The van der Waals surface area contributed by atoms with Gasteiger partial charge >= 0.3 is 0 Å². The molecule has 3 N–H and O–H groups in total. The lowest BCUT2D eigenvalue weighted by Crippen LogP contribution is -2.46. The van der Waals surface area contributed by atoms with E-state index < -0.39 is 0 Å². The van der Waals surface area contributed by atoms with Crippen molar-refractivity contribution >= 4 is 11.8 Å². The van der Waals surface area contributed by atoms with E-state index in [0.29, 0.717) is 6.04 Å². The molecule has 1 aromatic rings. The Kier molecular flexibility index (Phi) is 5.38. The number of nitrogens with one attached hydrogen (secondary N) is 1. The zero-order chi connectivity index (χ0) is 15.2. The number of amides is 2. The molecule has 0 bridgehead atoms. The summed E-state index contributed by atoms with van der Waals surface area (Å²) in [6.07, 6.45) is 6.94. The van der Waals surface area contributed by atoms with Gasteiger partial charge in [0, 0.05) is 31.3 Å². The van der Waals surface area contributed by atoms with Crippen LogP contribution in [0.3, 0.4) is 0 Å². The average molecular weight is 291 g/mol. The molecule has 0 spiro atoms. The highest BCUT2D eigenvalue weighted by molar-refractivity contribution is 6.01. The Hall–Kier alpha value is -1.83. The monoisotopic (exact) mass is 291 g/mol. The topological polar surface area (TPSA) is 91.6 Å². The number of hydrogen-bond acceptors (Lipinski definition) is 6. The number of imide groups is 1. The predicted molar refractivity (Wildman–Crippen MR) is 77.3 cm³/mol. The smallest absolute Gasteiger partial charge is 0.245 e. The highest BCUT2D eigenvalue weighted by atomic mass is 16.2. The lowest BCUT2D eigenvalue weighted by molar-refractivity contribution is -0.142. The molecule has 2 saturated heterocycles. The van der Waals surface area contributed by atoms with Gasteiger partial charge in [0.1, 0.15) is 0 Å². The van der Waals surface area contributed by atoms with Crippen LogP contribution in [0.15, 0.2) is 24.5 Å². The van der Waals surface area contributed by atoms with Crippen LogP contribution in [0.1, 0.15) is 37.3 Å². The Morgan fingerprint density at radius 2 is 2.05 bits per heavy atom. The second kappa shape index (κ2) is 7.26. The SMILES string of the molecule is CN1CCCC1c1cccnc1.NNN1C(=O)CCC1=O. The number of likely N-dealkylation sites (tertiary alicyclic amines) is 1. The van der Waals surface area contributed by atoms with Crippen molar-refractivity contribution in [3.05, 3.63) is 30.1 Å². The molecule has 0 saturated carbocycles. The standard InChI is InChI=1S/C10H14N2.C4H7N3O2/c1-12-7-3-5-10(12)9-4-2-6-11-8-9;5-6-7-3(8)1-2-4(7)9/h2,4,6,8,10H,3,5,7H2,1H3;6H,1-2,5H2. The van der Waals surface area contributed by atoms with Gasteiger partial charge in [-0.25, -0.2) is 0 Å². The summed E-state index contributed by atoms with van der Waals surface area (Å²) in [5.41, 5.74) is 3.36. The van der Waals surface area contributed by atoms with Gasteiger partial charge in [0.15, 0.2) is 0 Å². The van der Waals surface area contributed by atoms with Gasteiger partial charge in [-0.3, -0.25) is 25.3 Å². The van der Waals surface area contributed by atoms with E-state index in [1.807, 2.05) is 24.0 Å². The Labute approximate surface area is 124 Å². The summed E-state index contributed by atoms with van der Waals surface area (Å²) in [4.78, 5) is 27.7. The van der Waals surface area contributed by atoms with Gasteiger partial charge in [0.25, 0.3) is 0 Å². The number of nitrogens with two attached hydrogens (primary N) is 1. The Morgan fingerprint density at radius 3 is 2.48 bits per heavy atom. The largest absolute Gasteiger partial charge is 0.299 e. The van der Waals surface area contributed by atoms with Gasteiger partial charge < -0.3 is 0 Å². The van der Waals surface area contributed by atoms with Crippen LogP contribution in [0.2, 0.25) is 0 Å². The molecule has 2 fully saturated rings. The molecule has 7 heteroatoms. The number of rotatable bonds is 2. The third-order valence-electron chi connectivity index (χ3n) is 3.77. The number of hydrazine groups is 2. The Bertz CT molecular complexity index is 477. The van der Waals surface area contributed by atoms with Crippen LogP contribution in [0.4, 0.5) is 0 Å². The van der Waals surface area contributed by atoms with E-state index >= 15 is 0 Å². The number of pyridine rings is 1. The first-order chi connectivity index (χ1) is 10.1. The Morgan fingerprint density at radius 1 is 1.33 bits per heavy atom. The van der Waals surface area contributed by atoms with Crippen molar-refractivity contribution in [3.63, 3.8) is 0 Å². The number of nitrogens with zero attached hydrogens (tertiary/aromatic N) is 3. The van der Waals surface area contributed by atoms with E-state index in [0.717, 1.165) is 5.01 Å². The summed E-state index contributed by atoms with van der Waals surface area (Å²) in [7, 11) is 2.19. The molecule has 1 atom stereocenters. The molecule has 0 aliphatic carbocycles. The fraction of sp³-hybridized carbons (Fsp3) is 0.500. The molecule has 1 unspecified atom stereocenters. The third kappa shape index (κ3) is 3.84. The van der Waals surface area contributed by atoms with Gasteiger partial charge in [-0.15, -0.1) is 0 Å². The maximum atomic E-state index is 10.6. The van der Waals surface area contributed by atoms with Crippen LogP contribution in [0.25, 0.3) is 0 Å². The zero-order valence-electron chi connectivity index (χ0n) is 12.2. The van der Waals surface area contributed by atoms with Crippen LogP contribution < -0.4 is 11.4 Å². The van der Waals surface area contributed by atoms with Gasteiger partial charge in [0.2, 0.25) is 11.8 Å². The minimum absolute atomic E-state index is 0.262. The van der Waals surface area contributed by atoms with Crippen molar-refractivity contribution < 1.29 is 9.59 Å². The first kappa shape index (κ1) is 15.6. The molecular weight excluding hydrogens is 270 g/mol. The predicted octanol–water partition coefficient (Wildman–Crippen LogP) is 0.362. The van der Waals surface area contributed by atoms with Crippen molar-refractivity contribution in [2.24, 2.45) is 5.84 Å². The first-order valence-electron chi connectivity index (χ1n) is 7.05. The number of hydrogen-bond donors (Lipinski definition) is 2. The van der Waals surface area contributed by atoms with Gasteiger partial charge in [0.05, 0.1) is 0 Å². The van der Waals surface area contributed by atoms with Crippen molar-refractivity contribution in [1.29, 1.82) is 0 Å². The molecule has 2 aliphatic rings. The summed E-state index contributed by atoms with van der Waals surface area (Å²) in [6, 6.07) is 4.79. The van der Waals surface area contributed by atoms with E-state index in [1.54, 1.807) is 0 Å². The van der Waals surface area contributed by atoms with E-state index in [1.165, 1.54) is 24.9 Å². The molecule has 0 radical (unpaired) electrons. The summed E-state index contributed by atoms with van der Waals surface area (Å²) in [6.45, 7) is 1.22. The van der Waals surface area contributed by atoms with E-state index in [4.69, 9.17) is 5.84 Å². The molecule has 3 rings (SSSR count). The van der Waals surface area contributed by atoms with E-state index in [9.17, 15) is 9.59 Å². The van der Waals surface area contributed by atoms with Crippen LogP contribution in [-0.4, -0.2) is 40.3 Å². The molecular formula is C14H21N5O2. The van der Waals surface area contributed by atoms with Crippen molar-refractivity contribution in [2.45, 2.75) is 31.7 Å². The van der Waals surface area contributed by atoms with Gasteiger partial charge in [-0.1, -0.05) is 6.07 Å². The molecule has 114 valence electrons. The van der Waals surface area contributed by atoms with Crippen LogP contribution in [0, 0.1) is 0 Å². The lowest BCUT2D eigenvalue weighted by atomic mass is 10.1. The van der Waals surface area contributed by atoms with E-state index in [-0.39, 0.29) is 24.7 Å². The number of carbonyl (C=O) groups excluding carboxylic acids is 2. The molecule has 1 aromatic heterocycles. The van der Waals surface area contributed by atoms with Crippen LogP contribution in [-0.2, 0) is 9.59 Å². The summed E-state index contributed by atoms with van der Waals surface area (Å²) in [5, 5.41) is 0.819. The summed E-state index contributed by atoms with van der Waals surface area (Å²) < 4.78 is 0. The van der Waals surface area contributed by atoms with E-state index in [2.05, 4.69) is 23.0 Å². The van der Waals surface area contributed by atoms with Gasteiger partial charge in [-0.05, 0) is 38.1 Å². The fourth-order valence-corrected chi connectivity index (χ4v) is 2.63. The molecule has 2 aliphatic heterocycles. The Balaban J connectivity index is 0.000000161. The molecule has 3 heterocycles. The fourth-order valence-electron chi connectivity index (χ4n) is 2.63. The highest BCUT2D eigenvalue weighted by Gasteiger charge is 2.27. The minimum atomic E-state index is -0.262. The third-order valence-corrected chi connectivity index (χ3v) is 3.77. The summed E-state index contributed by atoms with van der Waals surface area (Å²) >= 11 is 0. The molecule has 2 amide bonds. The molecule has 0 aromatic carbocycles. The van der Waals surface area contributed by atoms with Crippen molar-refractivity contribution in [3.8, 4) is 0 Å². The number of aromatic nitrogens is 1.